The minimum atomic E-state index is -0.0804. The van der Waals surface area contributed by atoms with E-state index in [0.717, 1.165) is 35.0 Å². The molecule has 0 radical (unpaired) electrons. The maximum atomic E-state index is 12.1. The molecule has 130 valence electrons. The number of carbonyl (C=O) groups is 1. The molecule has 3 heterocycles. The average molecular weight is 358 g/mol. The molecule has 0 saturated carbocycles. The second-order valence-corrected chi connectivity index (χ2v) is 7.07. The number of ether oxygens (including phenoxy) is 1. The maximum Gasteiger partial charge on any atom is 0.240 e. The van der Waals surface area contributed by atoms with E-state index in [0.29, 0.717) is 24.2 Å². The van der Waals surface area contributed by atoms with Crippen molar-refractivity contribution in [1.29, 1.82) is 0 Å². The van der Waals surface area contributed by atoms with Crippen molar-refractivity contribution in [2.45, 2.75) is 12.5 Å². The topological polar surface area (TPSA) is 96.0 Å². The molecule has 25 heavy (non-hydrogen) atoms. The zero-order chi connectivity index (χ0) is 17.2. The van der Waals surface area contributed by atoms with Gasteiger partial charge in [-0.2, -0.15) is 0 Å². The third-order valence-electron chi connectivity index (χ3n) is 4.10. The van der Waals surface area contributed by atoms with Crippen LogP contribution in [0.3, 0.4) is 0 Å². The number of likely N-dealkylation sites (tertiary alicyclic amines) is 1. The summed E-state index contributed by atoms with van der Waals surface area (Å²) in [5.41, 5.74) is 2.04. The van der Waals surface area contributed by atoms with E-state index in [1.54, 1.807) is 7.11 Å². The van der Waals surface area contributed by atoms with Crippen LogP contribution < -0.4 is 5.32 Å². The Morgan fingerprint density at radius 1 is 1.40 bits per heavy atom. The highest BCUT2D eigenvalue weighted by atomic mass is 32.1. The molecule has 4 rings (SSSR count). The lowest BCUT2D eigenvalue weighted by Crippen LogP contribution is -2.48. The minimum Gasteiger partial charge on any atom is -0.377 e. The van der Waals surface area contributed by atoms with Gasteiger partial charge in [0, 0.05) is 26.1 Å². The first-order valence-corrected chi connectivity index (χ1v) is 8.81. The highest BCUT2D eigenvalue weighted by molar-refractivity contribution is 7.15. The van der Waals surface area contributed by atoms with Crippen LogP contribution >= 0.6 is 11.3 Å². The minimum absolute atomic E-state index is 0.0804. The number of hydrogen-bond acceptors (Lipinski definition) is 7. The standard InChI is InChI=1S/C16H18N6O2S/c1-24-9-14-20-21-16(25-14)19-13(23)8-22-6-10(7-22)15-17-11-4-2-3-5-12(11)18-15/h2-5,10H,6-9H2,1H3,(H,17,18)(H,19,21,23). The van der Waals surface area contributed by atoms with Gasteiger partial charge in [-0.3, -0.25) is 15.0 Å². The van der Waals surface area contributed by atoms with Crippen LogP contribution in [-0.2, 0) is 16.1 Å². The van der Waals surface area contributed by atoms with Crippen LogP contribution in [0.25, 0.3) is 11.0 Å². The molecule has 8 nitrogen and oxygen atoms in total. The molecule has 1 saturated heterocycles. The molecule has 1 amide bonds. The summed E-state index contributed by atoms with van der Waals surface area (Å²) in [6.07, 6.45) is 0. The zero-order valence-electron chi connectivity index (χ0n) is 13.7. The molecule has 0 bridgehead atoms. The van der Waals surface area contributed by atoms with Crippen LogP contribution in [0.1, 0.15) is 16.7 Å². The average Bonchev–Trinajstić information content (AvgIpc) is 3.17. The van der Waals surface area contributed by atoms with Crippen molar-refractivity contribution in [3.63, 3.8) is 0 Å². The Morgan fingerprint density at radius 2 is 2.24 bits per heavy atom. The van der Waals surface area contributed by atoms with Crippen LogP contribution in [-0.4, -0.2) is 57.7 Å². The van der Waals surface area contributed by atoms with Gasteiger partial charge in [0.15, 0.2) is 0 Å². The van der Waals surface area contributed by atoms with Gasteiger partial charge in [0.2, 0.25) is 11.0 Å². The lowest BCUT2D eigenvalue weighted by Gasteiger charge is -2.37. The summed E-state index contributed by atoms with van der Waals surface area (Å²) < 4.78 is 4.99. The first-order chi connectivity index (χ1) is 12.2. The van der Waals surface area contributed by atoms with Gasteiger partial charge in [-0.25, -0.2) is 4.98 Å². The van der Waals surface area contributed by atoms with E-state index in [2.05, 4.69) is 30.4 Å². The Kier molecular flexibility index (Phi) is 4.43. The molecule has 1 fully saturated rings. The van der Waals surface area contributed by atoms with Gasteiger partial charge < -0.3 is 9.72 Å². The maximum absolute atomic E-state index is 12.1. The normalized spacial score (nSPS) is 15.4. The SMILES string of the molecule is COCc1nnc(NC(=O)CN2CC(c3nc4ccccc4[nH]3)C2)s1. The number of hydrogen-bond donors (Lipinski definition) is 2. The van der Waals surface area contributed by atoms with E-state index in [1.165, 1.54) is 11.3 Å². The van der Waals surface area contributed by atoms with Gasteiger partial charge in [-0.05, 0) is 12.1 Å². The Balaban J connectivity index is 1.28. The molecule has 2 aromatic heterocycles. The summed E-state index contributed by atoms with van der Waals surface area (Å²) >= 11 is 1.33. The Hall–Kier alpha value is -2.36. The number of aromatic amines is 1. The molecule has 0 unspecified atom stereocenters. The zero-order valence-corrected chi connectivity index (χ0v) is 14.5. The number of nitrogens with zero attached hydrogens (tertiary/aromatic N) is 4. The Bertz CT molecular complexity index is 853. The smallest absolute Gasteiger partial charge is 0.240 e. The highest BCUT2D eigenvalue weighted by Gasteiger charge is 2.31. The lowest BCUT2D eigenvalue weighted by atomic mass is 9.99. The van der Waals surface area contributed by atoms with Crippen LogP contribution in [0.15, 0.2) is 24.3 Å². The third kappa shape index (κ3) is 3.53. The molecule has 2 N–H and O–H groups in total. The number of para-hydroxylation sites is 2. The van der Waals surface area contributed by atoms with Crippen LogP contribution in [0.2, 0.25) is 0 Å². The first-order valence-electron chi connectivity index (χ1n) is 7.99. The summed E-state index contributed by atoms with van der Waals surface area (Å²) in [6.45, 7) is 2.38. The largest absolute Gasteiger partial charge is 0.377 e. The van der Waals surface area contributed by atoms with Crippen molar-refractivity contribution in [1.82, 2.24) is 25.1 Å². The third-order valence-corrected chi connectivity index (χ3v) is 4.91. The number of amides is 1. The quantitative estimate of drug-likeness (QED) is 0.695. The van der Waals surface area contributed by atoms with Gasteiger partial charge in [-0.15, -0.1) is 10.2 Å². The summed E-state index contributed by atoms with van der Waals surface area (Å²) in [6, 6.07) is 8.00. The van der Waals surface area contributed by atoms with E-state index in [-0.39, 0.29) is 5.91 Å². The predicted octanol–water partition coefficient (Wildman–Crippen LogP) is 1.60. The van der Waals surface area contributed by atoms with Crippen LogP contribution in [0, 0.1) is 0 Å². The number of benzene rings is 1. The highest BCUT2D eigenvalue weighted by Crippen LogP contribution is 2.26. The van der Waals surface area contributed by atoms with Gasteiger partial charge in [0.25, 0.3) is 0 Å². The fourth-order valence-electron chi connectivity index (χ4n) is 2.89. The molecule has 0 aliphatic carbocycles. The second-order valence-electron chi connectivity index (χ2n) is 6.01. The van der Waals surface area contributed by atoms with Crippen molar-refractivity contribution in [2.24, 2.45) is 0 Å². The van der Waals surface area contributed by atoms with E-state index in [4.69, 9.17) is 4.74 Å². The molecule has 3 aromatic rings. The van der Waals surface area contributed by atoms with E-state index in [9.17, 15) is 4.79 Å². The van der Waals surface area contributed by atoms with Crippen molar-refractivity contribution >= 4 is 33.4 Å². The molecule has 1 aromatic carbocycles. The van der Waals surface area contributed by atoms with E-state index >= 15 is 0 Å². The fourth-order valence-corrected chi connectivity index (χ4v) is 3.61. The number of imidazole rings is 1. The molecular formula is C16H18N6O2S. The molecule has 0 atom stereocenters. The number of aromatic nitrogens is 4. The van der Waals surface area contributed by atoms with Gasteiger partial charge in [0.05, 0.1) is 17.6 Å². The number of fused-ring (bicyclic) bond motifs is 1. The van der Waals surface area contributed by atoms with Gasteiger partial charge in [0.1, 0.15) is 17.4 Å². The van der Waals surface area contributed by atoms with Crippen molar-refractivity contribution in [2.75, 3.05) is 32.1 Å². The molecule has 0 spiro atoms. The second kappa shape index (κ2) is 6.87. The summed E-state index contributed by atoms with van der Waals surface area (Å²) in [7, 11) is 1.60. The van der Waals surface area contributed by atoms with Crippen molar-refractivity contribution in [3.05, 3.63) is 35.1 Å². The number of nitrogens with one attached hydrogen (secondary N) is 2. The molecule has 9 heteroatoms. The van der Waals surface area contributed by atoms with E-state index < -0.39 is 0 Å². The number of methoxy groups -OCH3 is 1. The van der Waals surface area contributed by atoms with Gasteiger partial charge >= 0.3 is 0 Å². The molecular weight excluding hydrogens is 340 g/mol. The van der Waals surface area contributed by atoms with Crippen LogP contribution in [0.4, 0.5) is 5.13 Å². The summed E-state index contributed by atoms with van der Waals surface area (Å²) in [5, 5.41) is 11.9. The lowest BCUT2D eigenvalue weighted by molar-refractivity contribution is -0.118. The van der Waals surface area contributed by atoms with Crippen molar-refractivity contribution in [3.8, 4) is 0 Å². The monoisotopic (exact) mass is 358 g/mol. The number of rotatable bonds is 6. The Labute approximate surface area is 148 Å². The number of anilines is 1. The number of carbonyl (C=O) groups excluding carboxylic acids is 1. The molecule has 1 aliphatic heterocycles. The first kappa shape index (κ1) is 16.1. The number of H-pyrrole nitrogens is 1. The molecule has 1 aliphatic rings. The summed E-state index contributed by atoms with van der Waals surface area (Å²) in [5.74, 6) is 1.25. The Morgan fingerprint density at radius 3 is 3.04 bits per heavy atom. The fraction of sp³-hybridized carbons (Fsp3) is 0.375. The predicted molar refractivity (Wildman–Crippen MR) is 94.5 cm³/mol. The summed E-state index contributed by atoms with van der Waals surface area (Å²) in [4.78, 5) is 22.2. The van der Waals surface area contributed by atoms with Crippen molar-refractivity contribution < 1.29 is 9.53 Å². The van der Waals surface area contributed by atoms with E-state index in [1.807, 2.05) is 24.3 Å². The van der Waals surface area contributed by atoms with Crippen LogP contribution in [0.5, 0.6) is 0 Å². The van der Waals surface area contributed by atoms with Gasteiger partial charge in [-0.1, -0.05) is 23.5 Å².